The summed E-state index contributed by atoms with van der Waals surface area (Å²) < 4.78 is 0. The van der Waals surface area contributed by atoms with E-state index in [9.17, 15) is 0 Å². The molecular formula is C17H22N2. The number of nitrogens with one attached hydrogen (secondary N) is 1. The van der Waals surface area contributed by atoms with Gasteiger partial charge in [-0.1, -0.05) is 30.3 Å². The van der Waals surface area contributed by atoms with Crippen molar-refractivity contribution in [3.05, 3.63) is 65.5 Å². The van der Waals surface area contributed by atoms with Gasteiger partial charge >= 0.3 is 0 Å². The van der Waals surface area contributed by atoms with Crippen molar-refractivity contribution in [1.82, 2.24) is 10.3 Å². The molecule has 0 bridgehead atoms. The van der Waals surface area contributed by atoms with Gasteiger partial charge in [0.2, 0.25) is 0 Å². The first-order valence-electron chi connectivity index (χ1n) is 7.01. The standard InChI is InChI=1S/C17H22N2/c1-15-14-17(10-13-19-15)9-12-18-11-5-8-16-6-3-2-4-7-16/h2-4,6-7,10,13-14,18H,5,8-9,11-12H2,1H3. The molecule has 0 amide bonds. The van der Waals surface area contributed by atoms with Gasteiger partial charge in [0.1, 0.15) is 0 Å². The number of benzene rings is 1. The number of hydrogen-bond donors (Lipinski definition) is 1. The van der Waals surface area contributed by atoms with E-state index in [0.717, 1.165) is 31.6 Å². The first-order valence-corrected chi connectivity index (χ1v) is 7.01. The van der Waals surface area contributed by atoms with Crippen LogP contribution in [0.15, 0.2) is 48.7 Å². The molecule has 2 heteroatoms. The van der Waals surface area contributed by atoms with Gasteiger partial charge in [0, 0.05) is 11.9 Å². The molecule has 0 aliphatic carbocycles. The van der Waals surface area contributed by atoms with Crippen LogP contribution in [0.25, 0.3) is 0 Å². The summed E-state index contributed by atoms with van der Waals surface area (Å²) in [6.45, 7) is 4.16. The van der Waals surface area contributed by atoms with E-state index in [0.29, 0.717) is 0 Å². The van der Waals surface area contributed by atoms with Crippen molar-refractivity contribution in [3.63, 3.8) is 0 Å². The van der Waals surface area contributed by atoms with Crippen LogP contribution in [0.5, 0.6) is 0 Å². The van der Waals surface area contributed by atoms with Crippen molar-refractivity contribution < 1.29 is 0 Å². The number of aromatic nitrogens is 1. The van der Waals surface area contributed by atoms with E-state index in [1.165, 1.54) is 17.5 Å². The Morgan fingerprint density at radius 3 is 2.58 bits per heavy atom. The fraction of sp³-hybridized carbons (Fsp3) is 0.353. The molecule has 0 unspecified atom stereocenters. The molecule has 100 valence electrons. The Morgan fingerprint density at radius 1 is 0.947 bits per heavy atom. The molecule has 0 radical (unpaired) electrons. The van der Waals surface area contributed by atoms with Crippen LogP contribution in [-0.2, 0) is 12.8 Å². The lowest BCUT2D eigenvalue weighted by atomic mass is 10.1. The monoisotopic (exact) mass is 254 g/mol. The highest BCUT2D eigenvalue weighted by Gasteiger charge is 1.95. The molecule has 0 atom stereocenters. The Bertz CT molecular complexity index is 480. The minimum absolute atomic E-state index is 1.04. The zero-order chi connectivity index (χ0) is 13.3. The SMILES string of the molecule is Cc1cc(CCNCCCc2ccccc2)ccn1. The predicted octanol–water partition coefficient (Wildman–Crippen LogP) is 3.15. The van der Waals surface area contributed by atoms with Crippen molar-refractivity contribution in [2.24, 2.45) is 0 Å². The first-order chi connectivity index (χ1) is 9.34. The summed E-state index contributed by atoms with van der Waals surface area (Å²) in [7, 11) is 0. The van der Waals surface area contributed by atoms with Crippen LogP contribution in [0.1, 0.15) is 23.2 Å². The van der Waals surface area contributed by atoms with Gasteiger partial charge in [-0.2, -0.15) is 0 Å². The maximum Gasteiger partial charge on any atom is 0.0375 e. The van der Waals surface area contributed by atoms with Crippen molar-refractivity contribution >= 4 is 0 Å². The normalized spacial score (nSPS) is 10.6. The topological polar surface area (TPSA) is 24.9 Å². The van der Waals surface area contributed by atoms with E-state index >= 15 is 0 Å². The van der Waals surface area contributed by atoms with Crippen LogP contribution < -0.4 is 5.32 Å². The quantitative estimate of drug-likeness (QED) is 0.768. The van der Waals surface area contributed by atoms with Crippen molar-refractivity contribution in [2.45, 2.75) is 26.2 Å². The van der Waals surface area contributed by atoms with Crippen molar-refractivity contribution in [3.8, 4) is 0 Å². The third kappa shape index (κ3) is 5.23. The molecular weight excluding hydrogens is 232 g/mol. The van der Waals surface area contributed by atoms with Crippen LogP contribution in [0, 0.1) is 6.92 Å². The minimum atomic E-state index is 1.04. The third-order valence-electron chi connectivity index (χ3n) is 3.21. The average Bonchev–Trinajstić information content (AvgIpc) is 2.44. The maximum atomic E-state index is 4.21. The largest absolute Gasteiger partial charge is 0.316 e. The minimum Gasteiger partial charge on any atom is -0.316 e. The summed E-state index contributed by atoms with van der Waals surface area (Å²) >= 11 is 0. The molecule has 19 heavy (non-hydrogen) atoms. The van der Waals surface area contributed by atoms with E-state index in [2.05, 4.69) is 52.8 Å². The van der Waals surface area contributed by atoms with Crippen molar-refractivity contribution in [2.75, 3.05) is 13.1 Å². The molecule has 1 aromatic heterocycles. The first kappa shape index (κ1) is 13.8. The molecule has 0 fully saturated rings. The van der Waals surface area contributed by atoms with Crippen LogP contribution in [0.3, 0.4) is 0 Å². The van der Waals surface area contributed by atoms with Gasteiger partial charge in [0.15, 0.2) is 0 Å². The van der Waals surface area contributed by atoms with Gasteiger partial charge in [-0.3, -0.25) is 4.98 Å². The number of rotatable bonds is 7. The lowest BCUT2D eigenvalue weighted by Crippen LogP contribution is -2.19. The molecule has 2 aromatic rings. The van der Waals surface area contributed by atoms with Crippen molar-refractivity contribution in [1.29, 1.82) is 0 Å². The predicted molar refractivity (Wildman–Crippen MR) is 80.3 cm³/mol. The van der Waals surface area contributed by atoms with Gasteiger partial charge < -0.3 is 5.32 Å². The van der Waals surface area contributed by atoms with Gasteiger partial charge in [-0.15, -0.1) is 0 Å². The summed E-state index contributed by atoms with van der Waals surface area (Å²) in [6.07, 6.45) is 5.32. The molecule has 0 saturated heterocycles. The van der Waals surface area contributed by atoms with E-state index in [-0.39, 0.29) is 0 Å². The Morgan fingerprint density at radius 2 is 1.79 bits per heavy atom. The summed E-state index contributed by atoms with van der Waals surface area (Å²) in [6, 6.07) is 14.9. The zero-order valence-electron chi connectivity index (χ0n) is 11.6. The molecule has 2 nitrogen and oxygen atoms in total. The molecule has 0 saturated carbocycles. The molecule has 1 heterocycles. The molecule has 1 aromatic carbocycles. The number of aryl methyl sites for hydroxylation is 2. The molecule has 0 aliphatic rings. The second-order valence-electron chi connectivity index (χ2n) is 4.89. The number of nitrogens with zero attached hydrogens (tertiary/aromatic N) is 1. The van der Waals surface area contributed by atoms with Crippen LogP contribution in [0.4, 0.5) is 0 Å². The van der Waals surface area contributed by atoms with Gasteiger partial charge in [0.25, 0.3) is 0 Å². The molecule has 0 aliphatic heterocycles. The van der Waals surface area contributed by atoms with E-state index in [4.69, 9.17) is 0 Å². The molecule has 1 N–H and O–H groups in total. The second kappa shape index (κ2) is 7.70. The maximum absolute atomic E-state index is 4.21. The molecule has 0 spiro atoms. The van der Waals surface area contributed by atoms with Gasteiger partial charge in [0.05, 0.1) is 0 Å². The summed E-state index contributed by atoms with van der Waals surface area (Å²) in [5, 5.41) is 3.50. The van der Waals surface area contributed by atoms with Crippen LogP contribution in [0.2, 0.25) is 0 Å². The van der Waals surface area contributed by atoms with E-state index in [1.807, 2.05) is 13.1 Å². The Hall–Kier alpha value is -1.67. The number of hydrogen-bond acceptors (Lipinski definition) is 2. The van der Waals surface area contributed by atoms with Crippen LogP contribution >= 0.6 is 0 Å². The smallest absolute Gasteiger partial charge is 0.0375 e. The van der Waals surface area contributed by atoms with Gasteiger partial charge in [-0.05, 0) is 62.5 Å². The van der Waals surface area contributed by atoms with Crippen LogP contribution in [-0.4, -0.2) is 18.1 Å². The highest BCUT2D eigenvalue weighted by Crippen LogP contribution is 2.02. The summed E-state index contributed by atoms with van der Waals surface area (Å²) in [5.74, 6) is 0. The highest BCUT2D eigenvalue weighted by atomic mass is 14.8. The average molecular weight is 254 g/mol. The lowest BCUT2D eigenvalue weighted by Gasteiger charge is -2.05. The fourth-order valence-electron chi connectivity index (χ4n) is 2.18. The Balaban J connectivity index is 1.58. The second-order valence-corrected chi connectivity index (χ2v) is 4.89. The van der Waals surface area contributed by atoms with E-state index < -0.39 is 0 Å². The molecule has 2 rings (SSSR count). The fourth-order valence-corrected chi connectivity index (χ4v) is 2.18. The third-order valence-corrected chi connectivity index (χ3v) is 3.21. The summed E-state index contributed by atoms with van der Waals surface area (Å²) in [5.41, 5.74) is 3.89. The number of pyridine rings is 1. The zero-order valence-corrected chi connectivity index (χ0v) is 11.6. The Kier molecular flexibility index (Phi) is 5.57. The summed E-state index contributed by atoms with van der Waals surface area (Å²) in [4.78, 5) is 4.21. The highest BCUT2D eigenvalue weighted by molar-refractivity contribution is 5.16. The lowest BCUT2D eigenvalue weighted by molar-refractivity contribution is 0.647. The Labute approximate surface area is 115 Å². The van der Waals surface area contributed by atoms with E-state index in [1.54, 1.807) is 0 Å². The van der Waals surface area contributed by atoms with Gasteiger partial charge in [-0.25, -0.2) is 0 Å².